The highest BCUT2D eigenvalue weighted by molar-refractivity contribution is 5.95. The van der Waals surface area contributed by atoms with Crippen LogP contribution in [0.3, 0.4) is 0 Å². The van der Waals surface area contributed by atoms with Crippen LogP contribution in [0.1, 0.15) is 36.7 Å². The molecule has 1 rings (SSSR count). The Hall–Kier alpha value is -1.91. The Balaban J connectivity index is 2.94. The predicted molar refractivity (Wildman–Crippen MR) is 69.6 cm³/mol. The van der Waals surface area contributed by atoms with E-state index in [1.807, 2.05) is 20.8 Å². The van der Waals surface area contributed by atoms with E-state index in [2.05, 4.69) is 5.32 Å². The molecule has 0 spiro atoms. The van der Waals surface area contributed by atoms with Crippen LogP contribution in [0.2, 0.25) is 0 Å². The maximum atomic E-state index is 11.9. The van der Waals surface area contributed by atoms with Crippen LogP contribution in [-0.2, 0) is 0 Å². The van der Waals surface area contributed by atoms with E-state index in [1.54, 1.807) is 19.1 Å². The molecule has 0 fully saturated rings. The van der Waals surface area contributed by atoms with Crippen LogP contribution in [0.5, 0.6) is 0 Å². The number of amides is 1. The minimum absolute atomic E-state index is 0.0258. The van der Waals surface area contributed by atoms with E-state index >= 15 is 0 Å². The van der Waals surface area contributed by atoms with Gasteiger partial charge in [-0.05, 0) is 25.8 Å². The zero-order valence-electron chi connectivity index (χ0n) is 11.1. The summed E-state index contributed by atoms with van der Waals surface area (Å²) >= 11 is 0. The van der Waals surface area contributed by atoms with Gasteiger partial charge in [0, 0.05) is 23.2 Å². The molecule has 5 nitrogen and oxygen atoms in total. The summed E-state index contributed by atoms with van der Waals surface area (Å²) in [5.74, 6) is 0.0358. The Labute approximate surface area is 106 Å². The van der Waals surface area contributed by atoms with E-state index in [1.165, 1.54) is 6.07 Å². The molecule has 5 heteroatoms. The fraction of sp³-hybridized carbons (Fsp3) is 0.462. The number of rotatable bonds is 4. The Kier molecular flexibility index (Phi) is 4.42. The third kappa shape index (κ3) is 3.29. The van der Waals surface area contributed by atoms with Gasteiger partial charge in [0.05, 0.1) is 4.92 Å². The molecule has 18 heavy (non-hydrogen) atoms. The second-order valence-corrected chi connectivity index (χ2v) is 4.76. The third-order valence-electron chi connectivity index (χ3n) is 3.03. The number of aryl methyl sites for hydroxylation is 1. The van der Waals surface area contributed by atoms with Crippen LogP contribution in [0.25, 0.3) is 0 Å². The summed E-state index contributed by atoms with van der Waals surface area (Å²) in [6.45, 7) is 7.56. The molecule has 1 atom stereocenters. The number of nitrogens with one attached hydrogen (secondary N) is 1. The topological polar surface area (TPSA) is 72.2 Å². The fourth-order valence-electron chi connectivity index (χ4n) is 1.40. The van der Waals surface area contributed by atoms with Gasteiger partial charge in [-0.1, -0.05) is 19.9 Å². The van der Waals surface area contributed by atoms with Gasteiger partial charge in [-0.2, -0.15) is 0 Å². The van der Waals surface area contributed by atoms with Crippen molar-refractivity contribution >= 4 is 11.6 Å². The number of carbonyl (C=O) groups is 1. The number of nitro groups is 1. The SMILES string of the molecule is Cc1ccc(C(=O)N[C@@H](C)C(C)C)cc1[N+](=O)[O-]. The summed E-state index contributed by atoms with van der Waals surface area (Å²) in [6.07, 6.45) is 0. The zero-order chi connectivity index (χ0) is 13.9. The maximum Gasteiger partial charge on any atom is 0.273 e. The lowest BCUT2D eigenvalue weighted by Gasteiger charge is -2.17. The van der Waals surface area contributed by atoms with Gasteiger partial charge in [-0.25, -0.2) is 0 Å². The molecule has 98 valence electrons. The molecule has 0 aliphatic carbocycles. The molecule has 0 radical (unpaired) electrons. The second-order valence-electron chi connectivity index (χ2n) is 4.76. The van der Waals surface area contributed by atoms with Crippen molar-refractivity contribution in [1.82, 2.24) is 5.32 Å². The number of hydrogen-bond donors (Lipinski definition) is 1. The molecule has 1 aromatic rings. The molecule has 1 N–H and O–H groups in total. The van der Waals surface area contributed by atoms with E-state index in [-0.39, 0.29) is 17.6 Å². The predicted octanol–water partition coefficient (Wildman–Crippen LogP) is 2.68. The standard InChI is InChI=1S/C13H18N2O3/c1-8(2)10(4)14-13(16)11-6-5-9(3)12(7-11)15(17)18/h5-8,10H,1-4H3,(H,14,16)/t10-/m0/s1. The van der Waals surface area contributed by atoms with Crippen molar-refractivity contribution in [2.45, 2.75) is 33.7 Å². The summed E-state index contributed by atoms with van der Waals surface area (Å²) in [5, 5.41) is 13.6. The lowest BCUT2D eigenvalue weighted by atomic mass is 10.1. The normalized spacial score (nSPS) is 12.3. The van der Waals surface area contributed by atoms with Crippen molar-refractivity contribution < 1.29 is 9.72 Å². The van der Waals surface area contributed by atoms with Crippen LogP contribution in [0, 0.1) is 23.0 Å². The maximum absolute atomic E-state index is 11.9. The van der Waals surface area contributed by atoms with Crippen molar-refractivity contribution in [1.29, 1.82) is 0 Å². The number of nitrogens with zero attached hydrogens (tertiary/aromatic N) is 1. The highest BCUT2D eigenvalue weighted by Gasteiger charge is 2.17. The molecule has 0 aliphatic heterocycles. The summed E-state index contributed by atoms with van der Waals surface area (Å²) in [5.41, 5.74) is 0.841. The van der Waals surface area contributed by atoms with Gasteiger partial charge < -0.3 is 5.32 Å². The van der Waals surface area contributed by atoms with Crippen molar-refractivity contribution in [3.8, 4) is 0 Å². The average molecular weight is 250 g/mol. The first-order valence-electron chi connectivity index (χ1n) is 5.88. The van der Waals surface area contributed by atoms with E-state index < -0.39 is 4.92 Å². The summed E-state index contributed by atoms with van der Waals surface area (Å²) in [4.78, 5) is 22.2. The van der Waals surface area contributed by atoms with Crippen molar-refractivity contribution in [3.63, 3.8) is 0 Å². The number of benzene rings is 1. The molecule has 1 amide bonds. The minimum Gasteiger partial charge on any atom is -0.349 e. The molecule has 0 saturated carbocycles. The monoisotopic (exact) mass is 250 g/mol. The van der Waals surface area contributed by atoms with Crippen LogP contribution in [0.15, 0.2) is 18.2 Å². The van der Waals surface area contributed by atoms with Crippen molar-refractivity contribution in [3.05, 3.63) is 39.4 Å². The van der Waals surface area contributed by atoms with Gasteiger partial charge >= 0.3 is 0 Å². The Bertz CT molecular complexity index is 469. The van der Waals surface area contributed by atoms with E-state index in [9.17, 15) is 14.9 Å². The van der Waals surface area contributed by atoms with E-state index in [0.29, 0.717) is 17.0 Å². The first kappa shape index (κ1) is 14.2. The fourth-order valence-corrected chi connectivity index (χ4v) is 1.40. The van der Waals surface area contributed by atoms with E-state index in [0.717, 1.165) is 0 Å². The molecule has 0 heterocycles. The van der Waals surface area contributed by atoms with Crippen LogP contribution in [-0.4, -0.2) is 16.9 Å². The second kappa shape index (κ2) is 5.62. The lowest BCUT2D eigenvalue weighted by Crippen LogP contribution is -2.36. The third-order valence-corrected chi connectivity index (χ3v) is 3.03. The van der Waals surface area contributed by atoms with Gasteiger partial charge in [0.15, 0.2) is 0 Å². The highest BCUT2D eigenvalue weighted by Crippen LogP contribution is 2.19. The molecule has 1 aromatic carbocycles. The molecule has 0 bridgehead atoms. The molecular formula is C13H18N2O3. The smallest absolute Gasteiger partial charge is 0.273 e. The van der Waals surface area contributed by atoms with Gasteiger partial charge in [-0.3, -0.25) is 14.9 Å². The first-order chi connectivity index (χ1) is 8.32. The number of hydrogen-bond acceptors (Lipinski definition) is 3. The van der Waals surface area contributed by atoms with Gasteiger partial charge in [-0.15, -0.1) is 0 Å². The van der Waals surface area contributed by atoms with Crippen LogP contribution in [0.4, 0.5) is 5.69 Å². The largest absolute Gasteiger partial charge is 0.349 e. The van der Waals surface area contributed by atoms with Gasteiger partial charge in [0.2, 0.25) is 0 Å². The molecule has 0 saturated heterocycles. The first-order valence-corrected chi connectivity index (χ1v) is 5.88. The molecular weight excluding hydrogens is 232 g/mol. The molecule has 0 aliphatic rings. The van der Waals surface area contributed by atoms with E-state index in [4.69, 9.17) is 0 Å². The van der Waals surface area contributed by atoms with Crippen LogP contribution < -0.4 is 5.32 Å². The van der Waals surface area contributed by atoms with Gasteiger partial charge in [0.1, 0.15) is 0 Å². The Morgan fingerprint density at radius 1 is 1.33 bits per heavy atom. The summed E-state index contributed by atoms with van der Waals surface area (Å²) in [7, 11) is 0. The van der Waals surface area contributed by atoms with Crippen molar-refractivity contribution in [2.24, 2.45) is 5.92 Å². The number of carbonyl (C=O) groups excluding carboxylic acids is 1. The summed E-state index contributed by atoms with van der Waals surface area (Å²) < 4.78 is 0. The lowest BCUT2D eigenvalue weighted by molar-refractivity contribution is -0.385. The molecule has 0 unspecified atom stereocenters. The molecule has 0 aromatic heterocycles. The van der Waals surface area contributed by atoms with Crippen molar-refractivity contribution in [2.75, 3.05) is 0 Å². The highest BCUT2D eigenvalue weighted by atomic mass is 16.6. The Morgan fingerprint density at radius 3 is 2.44 bits per heavy atom. The summed E-state index contributed by atoms with van der Waals surface area (Å²) in [6, 6.07) is 4.54. The quantitative estimate of drug-likeness (QED) is 0.659. The zero-order valence-corrected chi connectivity index (χ0v) is 11.1. The van der Waals surface area contributed by atoms with Crippen LogP contribution >= 0.6 is 0 Å². The van der Waals surface area contributed by atoms with Gasteiger partial charge in [0.25, 0.3) is 11.6 Å². The Morgan fingerprint density at radius 2 is 1.94 bits per heavy atom. The average Bonchev–Trinajstić information content (AvgIpc) is 2.28. The minimum atomic E-state index is -0.474. The number of nitro benzene ring substituents is 1.